The Kier molecular flexibility index (Phi) is 6.04. The van der Waals surface area contributed by atoms with Gasteiger partial charge in [0.1, 0.15) is 11.6 Å². The number of rotatable bonds is 7. The average Bonchev–Trinajstić information content (AvgIpc) is 2.75. The highest BCUT2D eigenvalue weighted by Crippen LogP contribution is 2.37. The number of anilines is 2. The van der Waals surface area contributed by atoms with E-state index in [4.69, 9.17) is 9.76 Å². The number of ether oxygens (including phenoxy) is 1. The van der Waals surface area contributed by atoms with Gasteiger partial charge in [0.15, 0.2) is 5.65 Å². The van der Waals surface area contributed by atoms with Gasteiger partial charge in [0.05, 0.1) is 31.2 Å². The van der Waals surface area contributed by atoms with Gasteiger partial charge in [-0.2, -0.15) is 4.98 Å². The molecule has 1 aromatic carbocycles. The number of nitrogens with zero attached hydrogens (tertiary/aromatic N) is 3. The van der Waals surface area contributed by atoms with Crippen LogP contribution >= 0.6 is 0 Å². The van der Waals surface area contributed by atoms with Crippen LogP contribution in [0.2, 0.25) is 0 Å². The molecule has 0 aliphatic heterocycles. The van der Waals surface area contributed by atoms with Crippen LogP contribution in [-0.4, -0.2) is 36.6 Å². The molecular weight excluding hydrogens is 401 g/mol. The monoisotopic (exact) mass is 423 g/mol. The zero-order valence-electron chi connectivity index (χ0n) is 17.3. The zero-order chi connectivity index (χ0) is 22.0. The maximum atomic E-state index is 14.7. The highest BCUT2D eigenvalue weighted by Gasteiger charge is 2.22. The molecule has 31 heavy (non-hydrogen) atoms. The summed E-state index contributed by atoms with van der Waals surface area (Å²) in [6.45, 7) is -0.0350. The Morgan fingerprint density at radius 1 is 1.26 bits per heavy atom. The first kappa shape index (κ1) is 21.1. The highest BCUT2D eigenvalue weighted by molar-refractivity contribution is 6.45. The quantitative estimate of drug-likeness (QED) is 0.569. The molecule has 0 saturated heterocycles. The van der Waals surface area contributed by atoms with Crippen LogP contribution in [0, 0.1) is 11.6 Å². The van der Waals surface area contributed by atoms with E-state index in [1.807, 2.05) is 17.2 Å². The molecule has 1 aliphatic rings. The minimum Gasteiger partial charge on any atom is -0.481 e. The molecule has 2 heterocycles. The first-order valence-electron chi connectivity index (χ1n) is 9.97. The summed E-state index contributed by atoms with van der Waals surface area (Å²) in [4.78, 5) is 10.6. The van der Waals surface area contributed by atoms with Crippen LogP contribution in [-0.2, 0) is 6.54 Å². The van der Waals surface area contributed by atoms with Gasteiger partial charge in [-0.3, -0.25) is 0 Å². The fourth-order valence-corrected chi connectivity index (χ4v) is 3.59. The minimum atomic E-state index is -0.721. The second kappa shape index (κ2) is 8.89. The summed E-state index contributed by atoms with van der Waals surface area (Å²) in [6, 6.07) is 5.80. The second-order valence-electron chi connectivity index (χ2n) is 7.36. The summed E-state index contributed by atoms with van der Waals surface area (Å²) in [5.74, 6) is -1.01. The van der Waals surface area contributed by atoms with Gasteiger partial charge in [-0.15, -0.1) is 0 Å². The first-order chi connectivity index (χ1) is 15.0. The van der Waals surface area contributed by atoms with E-state index in [-0.39, 0.29) is 17.6 Å². The number of methoxy groups -OCH3 is 1. The van der Waals surface area contributed by atoms with Crippen molar-refractivity contribution in [2.45, 2.75) is 25.8 Å². The van der Waals surface area contributed by atoms with Crippen LogP contribution in [0.25, 0.3) is 11.0 Å². The van der Waals surface area contributed by atoms with Gasteiger partial charge in [-0.25, -0.2) is 13.8 Å². The van der Waals surface area contributed by atoms with Gasteiger partial charge in [-0.1, -0.05) is 5.57 Å². The molecule has 0 unspecified atom stereocenters. The smallest absolute Gasteiger partial charge is 0.326 e. The van der Waals surface area contributed by atoms with Crippen molar-refractivity contribution < 1.29 is 18.5 Å². The molecule has 4 rings (SSSR count). The van der Waals surface area contributed by atoms with Crippen molar-refractivity contribution in [1.29, 1.82) is 0 Å². The summed E-state index contributed by atoms with van der Waals surface area (Å²) in [6.07, 6.45) is 6.59. The molecule has 0 atom stereocenters. The van der Waals surface area contributed by atoms with E-state index in [2.05, 4.69) is 15.3 Å². The Labute approximate surface area is 179 Å². The van der Waals surface area contributed by atoms with E-state index in [1.165, 1.54) is 12.7 Å². The Bertz CT molecular complexity index is 1130. The fourth-order valence-electron chi connectivity index (χ4n) is 3.59. The van der Waals surface area contributed by atoms with Gasteiger partial charge in [-0.05, 0) is 42.9 Å². The standard InChI is InChI=1S/C22H22BF2N4O2/c1-26-19-10-27-22-15(6-7-20(28-22)31-2)21(19)29(11-13-4-3-5-13)12-16-17(24)8-14(23-30)9-18(16)25/h6-11,26,30H,3-5,12H2,1-2H3. The van der Waals surface area contributed by atoms with E-state index < -0.39 is 11.6 Å². The van der Waals surface area contributed by atoms with Crippen molar-refractivity contribution in [3.63, 3.8) is 0 Å². The summed E-state index contributed by atoms with van der Waals surface area (Å²) in [7, 11) is 3.98. The molecular formula is C22H22BF2N4O2. The van der Waals surface area contributed by atoms with Crippen LogP contribution in [0.3, 0.4) is 0 Å². The van der Waals surface area contributed by atoms with Crippen molar-refractivity contribution in [1.82, 2.24) is 9.97 Å². The SMILES string of the molecule is CNc1cnc2nc(OC)ccc2c1N(C=C1CCC1)Cc1c(F)cc([B]O)cc1F. The molecule has 0 spiro atoms. The number of halogens is 2. The molecule has 9 heteroatoms. The van der Waals surface area contributed by atoms with Crippen molar-refractivity contribution in [2.24, 2.45) is 0 Å². The zero-order valence-corrected chi connectivity index (χ0v) is 17.3. The van der Waals surface area contributed by atoms with Gasteiger partial charge in [0.25, 0.3) is 0 Å². The lowest BCUT2D eigenvalue weighted by Crippen LogP contribution is -2.23. The maximum absolute atomic E-state index is 14.7. The van der Waals surface area contributed by atoms with Crippen LogP contribution in [0.4, 0.5) is 20.2 Å². The largest absolute Gasteiger partial charge is 0.481 e. The third kappa shape index (κ3) is 4.18. The predicted molar refractivity (Wildman–Crippen MR) is 118 cm³/mol. The molecule has 0 amide bonds. The normalized spacial score (nSPS) is 13.0. The average molecular weight is 423 g/mol. The Morgan fingerprint density at radius 3 is 2.58 bits per heavy atom. The van der Waals surface area contributed by atoms with Gasteiger partial charge in [0.2, 0.25) is 5.88 Å². The molecule has 1 saturated carbocycles. The highest BCUT2D eigenvalue weighted by atomic mass is 19.1. The number of aromatic nitrogens is 2. The van der Waals surface area contributed by atoms with Crippen molar-refractivity contribution in [3.8, 4) is 5.88 Å². The number of benzene rings is 1. The third-order valence-corrected chi connectivity index (χ3v) is 5.42. The van der Waals surface area contributed by atoms with E-state index in [0.29, 0.717) is 24.7 Å². The van der Waals surface area contributed by atoms with E-state index in [1.54, 1.807) is 19.3 Å². The molecule has 6 nitrogen and oxygen atoms in total. The van der Waals surface area contributed by atoms with E-state index >= 15 is 0 Å². The summed E-state index contributed by atoms with van der Waals surface area (Å²) >= 11 is 0. The van der Waals surface area contributed by atoms with E-state index in [9.17, 15) is 8.78 Å². The Hall–Kier alpha value is -3.20. The third-order valence-electron chi connectivity index (χ3n) is 5.42. The number of hydrogen-bond donors (Lipinski definition) is 2. The number of hydrogen-bond acceptors (Lipinski definition) is 6. The number of fused-ring (bicyclic) bond motifs is 1. The number of pyridine rings is 2. The fraction of sp³-hybridized carbons (Fsp3) is 0.273. The molecule has 1 aliphatic carbocycles. The van der Waals surface area contributed by atoms with Crippen molar-refractivity contribution in [3.05, 3.63) is 59.4 Å². The second-order valence-corrected chi connectivity index (χ2v) is 7.36. The lowest BCUT2D eigenvalue weighted by Gasteiger charge is -2.28. The van der Waals surface area contributed by atoms with Crippen LogP contribution in [0.15, 0.2) is 42.2 Å². The van der Waals surface area contributed by atoms with E-state index in [0.717, 1.165) is 42.5 Å². The Balaban J connectivity index is 1.87. The molecule has 3 aromatic rings. The Morgan fingerprint density at radius 2 is 2.00 bits per heavy atom. The number of nitrogens with one attached hydrogen (secondary N) is 1. The molecule has 2 aromatic heterocycles. The van der Waals surface area contributed by atoms with Gasteiger partial charge >= 0.3 is 7.48 Å². The molecule has 1 fully saturated rings. The molecule has 159 valence electrons. The summed E-state index contributed by atoms with van der Waals surface area (Å²) in [5, 5.41) is 13.0. The van der Waals surface area contributed by atoms with Crippen LogP contribution in [0.1, 0.15) is 24.8 Å². The molecule has 1 radical (unpaired) electrons. The molecule has 2 N–H and O–H groups in total. The van der Waals surface area contributed by atoms with Crippen molar-refractivity contribution in [2.75, 3.05) is 24.4 Å². The molecule has 0 bridgehead atoms. The number of allylic oxidation sites excluding steroid dienone is 1. The maximum Gasteiger partial charge on any atom is 0.326 e. The summed E-state index contributed by atoms with van der Waals surface area (Å²) < 4.78 is 34.7. The summed E-state index contributed by atoms with van der Waals surface area (Å²) in [5.41, 5.74) is 3.08. The topological polar surface area (TPSA) is 70.5 Å². The lowest BCUT2D eigenvalue weighted by molar-refractivity contribution is 0.399. The van der Waals surface area contributed by atoms with Crippen LogP contribution < -0.4 is 20.4 Å². The van der Waals surface area contributed by atoms with Crippen LogP contribution in [0.5, 0.6) is 5.88 Å². The van der Waals surface area contributed by atoms with Gasteiger partial charge < -0.3 is 20.0 Å². The van der Waals surface area contributed by atoms with Crippen molar-refractivity contribution >= 4 is 35.4 Å². The van der Waals surface area contributed by atoms with Gasteiger partial charge in [0, 0.05) is 30.3 Å². The first-order valence-corrected chi connectivity index (χ1v) is 9.97. The minimum absolute atomic E-state index is 0.0350. The predicted octanol–water partition coefficient (Wildman–Crippen LogP) is 3.27. The lowest BCUT2D eigenvalue weighted by atomic mass is 9.87.